The van der Waals surface area contributed by atoms with Crippen LogP contribution in [0.3, 0.4) is 0 Å². The van der Waals surface area contributed by atoms with Crippen LogP contribution in [0.2, 0.25) is 0 Å². The molecule has 3 aliphatic rings. The number of hydrogen-bond donors (Lipinski definition) is 2. The summed E-state index contributed by atoms with van der Waals surface area (Å²) >= 11 is 0. The van der Waals surface area contributed by atoms with Crippen LogP contribution in [0, 0.1) is 24.2 Å². The van der Waals surface area contributed by atoms with Gasteiger partial charge in [0.25, 0.3) is 0 Å². The van der Waals surface area contributed by atoms with Crippen LogP contribution in [0.5, 0.6) is 5.75 Å². The number of hydrogen-bond acceptors (Lipinski definition) is 2. The van der Waals surface area contributed by atoms with Crippen molar-refractivity contribution in [3.63, 3.8) is 0 Å². The fraction of sp³-hybridized carbons (Fsp3) is 0.727. The molecule has 0 aromatic heterocycles. The van der Waals surface area contributed by atoms with E-state index in [-0.39, 0.29) is 11.0 Å². The maximum Gasteiger partial charge on any atom is 0.119 e. The molecular formula is C22H33NO. The molecule has 4 rings (SSSR count). The van der Waals surface area contributed by atoms with Gasteiger partial charge in [0, 0.05) is 16.5 Å². The summed E-state index contributed by atoms with van der Waals surface area (Å²) in [5.74, 6) is 1.90. The van der Waals surface area contributed by atoms with E-state index in [2.05, 4.69) is 46.0 Å². The normalized spacial score (nSPS) is 40.4. The van der Waals surface area contributed by atoms with Gasteiger partial charge in [0.1, 0.15) is 5.75 Å². The van der Waals surface area contributed by atoms with Gasteiger partial charge >= 0.3 is 0 Å². The van der Waals surface area contributed by atoms with Gasteiger partial charge in [-0.2, -0.15) is 0 Å². The van der Waals surface area contributed by atoms with E-state index in [1.54, 1.807) is 0 Å². The standard InChI is InChI=1S/C22H33NO/c1-14-11-15-13-18-21(4)8-6-10-23-20(2,3)17(21)7-9-22(18,5)19(15)16(24)12-14/h11-12,17-18,23-24H,6-10,13H2,1-5H3. The summed E-state index contributed by atoms with van der Waals surface area (Å²) in [6.45, 7) is 13.1. The third kappa shape index (κ3) is 2.05. The number of aryl methyl sites for hydroxylation is 1. The molecule has 0 radical (unpaired) electrons. The highest BCUT2D eigenvalue weighted by Crippen LogP contribution is 2.65. The molecule has 2 fully saturated rings. The molecule has 4 unspecified atom stereocenters. The van der Waals surface area contributed by atoms with Crippen LogP contribution in [-0.4, -0.2) is 17.2 Å². The zero-order valence-corrected chi connectivity index (χ0v) is 16.0. The Morgan fingerprint density at radius 2 is 1.83 bits per heavy atom. The Balaban J connectivity index is 1.84. The topological polar surface area (TPSA) is 32.3 Å². The van der Waals surface area contributed by atoms with E-state index in [1.807, 2.05) is 6.07 Å². The van der Waals surface area contributed by atoms with Crippen LogP contribution in [0.1, 0.15) is 70.1 Å². The second-order valence-corrected chi connectivity index (χ2v) is 9.84. The minimum atomic E-state index is 0.138. The Kier molecular flexibility index (Phi) is 3.43. The molecule has 1 heterocycles. The SMILES string of the molecule is Cc1cc(O)c2c(c1)CC1C2(C)CCC2C(C)(C)NCCCC21C. The summed E-state index contributed by atoms with van der Waals surface area (Å²) in [4.78, 5) is 0. The Morgan fingerprint density at radius 3 is 2.58 bits per heavy atom. The van der Waals surface area contributed by atoms with Crippen molar-refractivity contribution >= 4 is 0 Å². The monoisotopic (exact) mass is 327 g/mol. The Labute approximate surface area is 147 Å². The van der Waals surface area contributed by atoms with E-state index in [0.29, 0.717) is 23.0 Å². The molecular weight excluding hydrogens is 294 g/mol. The van der Waals surface area contributed by atoms with Gasteiger partial charge < -0.3 is 10.4 Å². The van der Waals surface area contributed by atoms with E-state index < -0.39 is 0 Å². The molecule has 1 aromatic carbocycles. The lowest BCUT2D eigenvalue weighted by atomic mass is 9.48. The van der Waals surface area contributed by atoms with Crippen molar-refractivity contribution in [1.29, 1.82) is 0 Å². The molecule has 2 heteroatoms. The van der Waals surface area contributed by atoms with Gasteiger partial charge in [-0.3, -0.25) is 0 Å². The van der Waals surface area contributed by atoms with Gasteiger partial charge in [0.15, 0.2) is 0 Å². The van der Waals surface area contributed by atoms with Crippen LogP contribution < -0.4 is 5.32 Å². The van der Waals surface area contributed by atoms with Gasteiger partial charge in [-0.25, -0.2) is 0 Å². The first-order valence-electron chi connectivity index (χ1n) is 9.76. The van der Waals surface area contributed by atoms with Crippen molar-refractivity contribution < 1.29 is 5.11 Å². The van der Waals surface area contributed by atoms with Crippen LogP contribution in [0.15, 0.2) is 12.1 Å². The minimum absolute atomic E-state index is 0.138. The molecule has 1 aromatic rings. The molecule has 132 valence electrons. The maximum absolute atomic E-state index is 10.7. The molecule has 1 saturated carbocycles. The number of aromatic hydroxyl groups is 1. The van der Waals surface area contributed by atoms with Gasteiger partial charge in [0.2, 0.25) is 0 Å². The Hall–Kier alpha value is -1.02. The van der Waals surface area contributed by atoms with E-state index in [9.17, 15) is 5.11 Å². The number of phenolic OH excluding ortho intramolecular Hbond substituents is 1. The lowest BCUT2D eigenvalue weighted by molar-refractivity contribution is -0.0421. The molecule has 4 atom stereocenters. The molecule has 0 bridgehead atoms. The largest absolute Gasteiger partial charge is 0.508 e. The molecule has 1 saturated heterocycles. The third-order valence-electron chi connectivity index (χ3n) is 8.00. The fourth-order valence-corrected chi connectivity index (χ4v) is 7.09. The molecule has 1 aliphatic heterocycles. The summed E-state index contributed by atoms with van der Waals surface area (Å²) in [6.07, 6.45) is 6.18. The third-order valence-corrected chi connectivity index (χ3v) is 8.00. The van der Waals surface area contributed by atoms with E-state index in [1.165, 1.54) is 42.4 Å². The highest BCUT2D eigenvalue weighted by Gasteiger charge is 2.60. The van der Waals surface area contributed by atoms with Crippen molar-refractivity contribution in [2.24, 2.45) is 17.3 Å². The van der Waals surface area contributed by atoms with Gasteiger partial charge in [0.05, 0.1) is 0 Å². The van der Waals surface area contributed by atoms with Crippen LogP contribution in [-0.2, 0) is 11.8 Å². The average Bonchev–Trinajstić information content (AvgIpc) is 2.71. The second-order valence-electron chi connectivity index (χ2n) is 9.84. The van der Waals surface area contributed by atoms with E-state index in [0.717, 1.165) is 13.0 Å². The van der Waals surface area contributed by atoms with E-state index >= 15 is 0 Å². The molecule has 2 nitrogen and oxygen atoms in total. The molecule has 2 N–H and O–H groups in total. The summed E-state index contributed by atoms with van der Waals surface area (Å²) in [6, 6.07) is 4.30. The van der Waals surface area contributed by atoms with Gasteiger partial charge in [-0.05, 0) is 93.9 Å². The van der Waals surface area contributed by atoms with Crippen molar-refractivity contribution in [3.05, 3.63) is 28.8 Å². The molecule has 0 amide bonds. The van der Waals surface area contributed by atoms with Crippen molar-refractivity contribution in [1.82, 2.24) is 5.32 Å². The number of benzene rings is 1. The summed E-state index contributed by atoms with van der Waals surface area (Å²) < 4.78 is 0. The van der Waals surface area contributed by atoms with Crippen molar-refractivity contribution in [3.8, 4) is 5.75 Å². The second kappa shape index (κ2) is 5.00. The molecule has 24 heavy (non-hydrogen) atoms. The molecule has 0 spiro atoms. The first kappa shape index (κ1) is 16.4. The number of nitrogens with one attached hydrogen (secondary N) is 1. The first-order valence-corrected chi connectivity index (χ1v) is 9.76. The fourth-order valence-electron chi connectivity index (χ4n) is 7.09. The summed E-state index contributed by atoms with van der Waals surface area (Å²) in [7, 11) is 0. The Morgan fingerprint density at radius 1 is 1.08 bits per heavy atom. The highest BCUT2D eigenvalue weighted by atomic mass is 16.3. The van der Waals surface area contributed by atoms with Crippen LogP contribution in [0.4, 0.5) is 0 Å². The van der Waals surface area contributed by atoms with Gasteiger partial charge in [-0.1, -0.05) is 19.9 Å². The number of fused-ring (bicyclic) bond motifs is 5. The summed E-state index contributed by atoms with van der Waals surface area (Å²) in [5.41, 5.74) is 4.57. The zero-order chi connectivity index (χ0) is 17.3. The number of phenols is 1. The first-order chi connectivity index (χ1) is 11.2. The van der Waals surface area contributed by atoms with Crippen molar-refractivity contribution in [2.75, 3.05) is 6.54 Å². The van der Waals surface area contributed by atoms with E-state index in [4.69, 9.17) is 0 Å². The smallest absolute Gasteiger partial charge is 0.119 e. The zero-order valence-electron chi connectivity index (χ0n) is 16.0. The van der Waals surface area contributed by atoms with Crippen molar-refractivity contribution in [2.45, 2.75) is 77.7 Å². The average molecular weight is 328 g/mol. The molecule has 2 aliphatic carbocycles. The number of rotatable bonds is 0. The quantitative estimate of drug-likeness (QED) is 0.723. The summed E-state index contributed by atoms with van der Waals surface area (Å²) in [5, 5.41) is 14.6. The lowest BCUT2D eigenvalue weighted by Gasteiger charge is -2.57. The lowest BCUT2D eigenvalue weighted by Crippen LogP contribution is -2.57. The predicted octanol–water partition coefficient (Wildman–Crippen LogP) is 4.71. The minimum Gasteiger partial charge on any atom is -0.508 e. The van der Waals surface area contributed by atoms with Crippen LogP contribution >= 0.6 is 0 Å². The predicted molar refractivity (Wildman–Crippen MR) is 99.5 cm³/mol. The maximum atomic E-state index is 10.7. The Bertz CT molecular complexity index is 679. The highest BCUT2D eigenvalue weighted by molar-refractivity contribution is 5.52. The van der Waals surface area contributed by atoms with Gasteiger partial charge in [-0.15, -0.1) is 0 Å². The van der Waals surface area contributed by atoms with Crippen LogP contribution in [0.25, 0.3) is 0 Å².